The third-order valence-corrected chi connectivity index (χ3v) is 4.22. The Hall–Kier alpha value is -2.14. The molecule has 5 heteroatoms. The molecule has 130 valence electrons. The molecule has 0 unspecified atom stereocenters. The van der Waals surface area contributed by atoms with Crippen LogP contribution in [0.4, 0.5) is 0 Å². The smallest absolute Gasteiger partial charge is 0.246 e. The van der Waals surface area contributed by atoms with Crippen LogP contribution in [0.25, 0.3) is 6.08 Å². The van der Waals surface area contributed by atoms with Crippen molar-refractivity contribution in [3.8, 4) is 0 Å². The Morgan fingerprint density at radius 2 is 2.04 bits per heavy atom. The number of amides is 2. The molecule has 5 nitrogen and oxygen atoms in total. The summed E-state index contributed by atoms with van der Waals surface area (Å²) in [6.45, 7) is 0.747. The zero-order valence-electron chi connectivity index (χ0n) is 14.2. The lowest BCUT2D eigenvalue weighted by molar-refractivity contribution is -0.125. The number of nitrogens with one attached hydrogen (secondary N) is 2. The molecule has 24 heavy (non-hydrogen) atoms. The summed E-state index contributed by atoms with van der Waals surface area (Å²) in [5, 5.41) is 5.95. The van der Waals surface area contributed by atoms with Crippen molar-refractivity contribution in [2.45, 2.75) is 31.7 Å². The summed E-state index contributed by atoms with van der Waals surface area (Å²) in [6, 6.07) is 9.93. The van der Waals surface area contributed by atoms with E-state index in [0.29, 0.717) is 12.5 Å². The summed E-state index contributed by atoms with van der Waals surface area (Å²) in [5.41, 5.74) is 1.01. The highest BCUT2D eigenvalue weighted by atomic mass is 16.5. The first kappa shape index (κ1) is 18.2. The van der Waals surface area contributed by atoms with Crippen LogP contribution < -0.4 is 10.6 Å². The summed E-state index contributed by atoms with van der Waals surface area (Å²) in [5.74, 6) is 0.253. The van der Waals surface area contributed by atoms with E-state index in [-0.39, 0.29) is 24.5 Å². The summed E-state index contributed by atoms with van der Waals surface area (Å²) in [6.07, 6.45) is 7.42. The molecule has 1 saturated carbocycles. The number of benzene rings is 1. The Morgan fingerprint density at radius 1 is 1.25 bits per heavy atom. The second-order valence-corrected chi connectivity index (χ2v) is 6.22. The van der Waals surface area contributed by atoms with Gasteiger partial charge in [-0.15, -0.1) is 0 Å². The number of carbonyl (C=O) groups is 2. The van der Waals surface area contributed by atoms with Crippen LogP contribution in [-0.2, 0) is 14.3 Å². The maximum atomic E-state index is 11.9. The minimum Gasteiger partial charge on any atom is -0.375 e. The van der Waals surface area contributed by atoms with E-state index in [1.54, 1.807) is 6.08 Å². The molecule has 1 aliphatic rings. The number of rotatable bonds is 7. The Labute approximate surface area is 143 Å². The minimum absolute atomic E-state index is 0.0713. The second-order valence-electron chi connectivity index (χ2n) is 6.22. The Kier molecular flexibility index (Phi) is 7.49. The van der Waals surface area contributed by atoms with Crippen molar-refractivity contribution in [2.24, 2.45) is 5.92 Å². The number of ether oxygens (including phenoxy) is 1. The van der Waals surface area contributed by atoms with Crippen LogP contribution in [0.15, 0.2) is 36.4 Å². The lowest BCUT2D eigenvalue weighted by Crippen LogP contribution is -2.42. The van der Waals surface area contributed by atoms with Crippen LogP contribution >= 0.6 is 0 Å². The normalized spacial score (nSPS) is 20.7. The van der Waals surface area contributed by atoms with E-state index in [9.17, 15) is 9.59 Å². The average molecular weight is 330 g/mol. The Balaban J connectivity index is 1.72. The van der Waals surface area contributed by atoms with Crippen molar-refractivity contribution < 1.29 is 14.3 Å². The van der Waals surface area contributed by atoms with Gasteiger partial charge in [0.15, 0.2) is 0 Å². The number of hydrogen-bond donors (Lipinski definition) is 2. The predicted molar refractivity (Wildman–Crippen MR) is 94.3 cm³/mol. The highest BCUT2D eigenvalue weighted by Gasteiger charge is 2.23. The fourth-order valence-electron chi connectivity index (χ4n) is 3.05. The lowest BCUT2D eigenvalue weighted by atomic mass is 9.85. The minimum atomic E-state index is -0.0793. The molecule has 2 atom stereocenters. The van der Waals surface area contributed by atoms with Crippen LogP contribution in [0, 0.1) is 5.92 Å². The van der Waals surface area contributed by atoms with Crippen molar-refractivity contribution in [1.82, 2.24) is 10.6 Å². The van der Waals surface area contributed by atoms with Gasteiger partial charge in [0.25, 0.3) is 0 Å². The highest BCUT2D eigenvalue weighted by Crippen LogP contribution is 2.23. The Morgan fingerprint density at radius 3 is 2.79 bits per heavy atom. The number of hydrogen-bond acceptors (Lipinski definition) is 3. The maximum Gasteiger partial charge on any atom is 0.246 e. The average Bonchev–Trinajstić information content (AvgIpc) is 2.59. The Bertz CT molecular complexity index is 557. The first-order valence-corrected chi connectivity index (χ1v) is 8.46. The van der Waals surface area contributed by atoms with Crippen molar-refractivity contribution >= 4 is 17.9 Å². The molecule has 2 amide bonds. The molecule has 1 fully saturated rings. The molecule has 0 aliphatic heterocycles. The molecule has 0 spiro atoms. The summed E-state index contributed by atoms with van der Waals surface area (Å²) < 4.78 is 4.84. The molecule has 1 aromatic carbocycles. The zero-order valence-corrected chi connectivity index (χ0v) is 14.2. The molecule has 0 bridgehead atoms. The SMILES string of the molecule is COCC(=O)N[C@H]1CCC[C@@H](CNC(=O)C=Cc2ccccc2)C1. The van der Waals surface area contributed by atoms with Gasteiger partial charge in [0.2, 0.25) is 11.8 Å². The van der Waals surface area contributed by atoms with Crippen molar-refractivity contribution in [2.75, 3.05) is 20.3 Å². The summed E-state index contributed by atoms with van der Waals surface area (Å²) in [7, 11) is 1.52. The monoisotopic (exact) mass is 330 g/mol. The van der Waals surface area contributed by atoms with E-state index >= 15 is 0 Å². The molecule has 0 heterocycles. The van der Waals surface area contributed by atoms with Gasteiger partial charge < -0.3 is 15.4 Å². The molecule has 0 radical (unpaired) electrons. The van der Waals surface area contributed by atoms with Gasteiger partial charge in [-0.2, -0.15) is 0 Å². The first-order valence-electron chi connectivity index (χ1n) is 8.46. The van der Waals surface area contributed by atoms with E-state index in [1.807, 2.05) is 36.4 Å². The molecule has 1 aliphatic carbocycles. The fraction of sp³-hybridized carbons (Fsp3) is 0.474. The van der Waals surface area contributed by atoms with E-state index in [2.05, 4.69) is 10.6 Å². The predicted octanol–water partition coefficient (Wildman–Crippen LogP) is 2.14. The molecular formula is C19H26N2O3. The lowest BCUT2D eigenvalue weighted by Gasteiger charge is -2.29. The van der Waals surface area contributed by atoms with E-state index in [1.165, 1.54) is 7.11 Å². The molecule has 2 N–H and O–H groups in total. The van der Waals surface area contributed by atoms with Crippen molar-refractivity contribution in [1.29, 1.82) is 0 Å². The highest BCUT2D eigenvalue weighted by molar-refractivity contribution is 5.91. The molecule has 2 rings (SSSR count). The van der Waals surface area contributed by atoms with Gasteiger partial charge in [0, 0.05) is 25.8 Å². The van der Waals surface area contributed by atoms with Gasteiger partial charge in [0.1, 0.15) is 6.61 Å². The third kappa shape index (κ3) is 6.54. The molecule has 1 aromatic rings. The van der Waals surface area contributed by atoms with Gasteiger partial charge in [-0.3, -0.25) is 9.59 Å². The molecule has 0 saturated heterocycles. The van der Waals surface area contributed by atoms with Gasteiger partial charge in [0.05, 0.1) is 0 Å². The van der Waals surface area contributed by atoms with Crippen LogP contribution in [0.1, 0.15) is 31.2 Å². The molecule has 0 aromatic heterocycles. The maximum absolute atomic E-state index is 11.9. The van der Waals surface area contributed by atoms with E-state index < -0.39 is 0 Å². The van der Waals surface area contributed by atoms with Crippen LogP contribution in [-0.4, -0.2) is 38.1 Å². The van der Waals surface area contributed by atoms with Gasteiger partial charge in [-0.25, -0.2) is 0 Å². The van der Waals surface area contributed by atoms with Crippen LogP contribution in [0.3, 0.4) is 0 Å². The van der Waals surface area contributed by atoms with Crippen molar-refractivity contribution in [3.05, 3.63) is 42.0 Å². The molecular weight excluding hydrogens is 304 g/mol. The first-order chi connectivity index (χ1) is 11.7. The van der Waals surface area contributed by atoms with Crippen LogP contribution in [0.2, 0.25) is 0 Å². The van der Waals surface area contributed by atoms with Crippen LogP contribution in [0.5, 0.6) is 0 Å². The quantitative estimate of drug-likeness (QED) is 0.753. The van der Waals surface area contributed by atoms with Gasteiger partial charge in [-0.1, -0.05) is 36.8 Å². The summed E-state index contributed by atoms with van der Waals surface area (Å²) >= 11 is 0. The van der Waals surface area contributed by atoms with E-state index in [0.717, 1.165) is 31.2 Å². The number of carbonyl (C=O) groups excluding carboxylic acids is 2. The second kappa shape index (κ2) is 9.88. The van der Waals surface area contributed by atoms with Crippen molar-refractivity contribution in [3.63, 3.8) is 0 Å². The zero-order chi connectivity index (χ0) is 17.2. The van der Waals surface area contributed by atoms with Gasteiger partial charge in [-0.05, 0) is 36.8 Å². The topological polar surface area (TPSA) is 67.4 Å². The fourth-order valence-corrected chi connectivity index (χ4v) is 3.05. The standard InChI is InChI=1S/C19H26N2O3/c1-24-14-19(23)21-17-9-5-8-16(12-17)13-20-18(22)11-10-15-6-3-2-4-7-15/h2-4,6-7,10-11,16-17H,5,8-9,12-14H2,1H3,(H,20,22)(H,21,23)/t16-,17+/m1/s1. The van der Waals surface area contributed by atoms with Gasteiger partial charge >= 0.3 is 0 Å². The largest absolute Gasteiger partial charge is 0.375 e. The van der Waals surface area contributed by atoms with E-state index in [4.69, 9.17) is 4.74 Å². The summed E-state index contributed by atoms with van der Waals surface area (Å²) in [4.78, 5) is 23.5. The third-order valence-electron chi connectivity index (χ3n) is 4.22. The number of methoxy groups -OCH3 is 1.